The second-order valence-electron chi connectivity index (χ2n) is 6.95. The summed E-state index contributed by atoms with van der Waals surface area (Å²) in [6.45, 7) is 3.10. The molecule has 2 atom stereocenters. The third kappa shape index (κ3) is 7.52. The van der Waals surface area contributed by atoms with Crippen molar-refractivity contribution in [3.8, 4) is 5.75 Å². The van der Waals surface area contributed by atoms with E-state index in [1.54, 1.807) is 31.2 Å². The fourth-order valence-corrected chi connectivity index (χ4v) is 2.84. The molecule has 10 heteroatoms. The van der Waals surface area contributed by atoms with E-state index in [-0.39, 0.29) is 25.1 Å². The van der Waals surface area contributed by atoms with Crippen molar-refractivity contribution in [2.45, 2.75) is 45.2 Å². The van der Waals surface area contributed by atoms with Crippen LogP contribution >= 0.6 is 0 Å². The van der Waals surface area contributed by atoms with Crippen molar-refractivity contribution in [3.63, 3.8) is 0 Å². The van der Waals surface area contributed by atoms with Gasteiger partial charge in [0.1, 0.15) is 11.6 Å². The van der Waals surface area contributed by atoms with E-state index in [2.05, 4.69) is 5.32 Å². The first-order valence-electron chi connectivity index (χ1n) is 9.74. The maximum absolute atomic E-state index is 13.4. The molecule has 0 aliphatic rings. The number of nitrogens with one attached hydrogen (secondary N) is 1. The Morgan fingerprint density at radius 3 is 2.31 bits per heavy atom. The zero-order chi connectivity index (χ0) is 23.9. The van der Waals surface area contributed by atoms with Crippen LogP contribution in [0.25, 0.3) is 0 Å². The first-order chi connectivity index (χ1) is 15.0. The summed E-state index contributed by atoms with van der Waals surface area (Å²) in [5.74, 6) is -2.39. The normalized spacial score (nSPS) is 13.3. The molecule has 0 aliphatic carbocycles. The fraction of sp³-hybridized carbons (Fsp3) is 0.364. The van der Waals surface area contributed by atoms with Crippen LogP contribution in [0.4, 0.5) is 17.6 Å². The van der Waals surface area contributed by atoms with Crippen molar-refractivity contribution in [2.24, 2.45) is 0 Å². The van der Waals surface area contributed by atoms with Crippen molar-refractivity contribution in [1.82, 2.24) is 5.32 Å². The van der Waals surface area contributed by atoms with Gasteiger partial charge in [-0.1, -0.05) is 12.1 Å². The molecule has 1 unspecified atom stereocenters. The first kappa shape index (κ1) is 25.1. The number of alkyl halides is 3. The van der Waals surface area contributed by atoms with Gasteiger partial charge < -0.3 is 19.9 Å². The van der Waals surface area contributed by atoms with Crippen LogP contribution in [0, 0.1) is 5.82 Å². The van der Waals surface area contributed by atoms with Crippen LogP contribution in [0.3, 0.4) is 0 Å². The summed E-state index contributed by atoms with van der Waals surface area (Å²) in [7, 11) is 0. The number of rotatable bonds is 10. The van der Waals surface area contributed by atoms with Gasteiger partial charge in [-0.05, 0) is 55.3 Å². The first-order valence-corrected chi connectivity index (χ1v) is 9.74. The van der Waals surface area contributed by atoms with Crippen LogP contribution in [0.2, 0.25) is 0 Å². The number of hydrogen-bond donors (Lipinski definition) is 2. The van der Waals surface area contributed by atoms with Gasteiger partial charge in [0.25, 0.3) is 5.91 Å². The summed E-state index contributed by atoms with van der Waals surface area (Å²) in [6.07, 6.45) is -6.49. The Kier molecular flexibility index (Phi) is 8.59. The van der Waals surface area contributed by atoms with Crippen LogP contribution in [-0.2, 0) is 33.5 Å². The molecule has 0 spiro atoms. The Morgan fingerprint density at radius 1 is 1.09 bits per heavy atom. The molecule has 0 fully saturated rings. The molecule has 174 valence electrons. The highest BCUT2D eigenvalue weighted by Gasteiger charge is 2.31. The van der Waals surface area contributed by atoms with Crippen LogP contribution in [0.15, 0.2) is 42.5 Å². The Labute approximate surface area is 182 Å². The van der Waals surface area contributed by atoms with E-state index in [1.807, 2.05) is 0 Å². The van der Waals surface area contributed by atoms with Crippen molar-refractivity contribution in [2.75, 3.05) is 6.61 Å². The Hall–Kier alpha value is -3.14. The number of carboxylic acid groups (broad SMARTS) is 1. The van der Waals surface area contributed by atoms with Gasteiger partial charge in [-0.15, -0.1) is 0 Å². The molecule has 0 saturated heterocycles. The number of carboxylic acids is 1. The molecular weight excluding hydrogens is 434 g/mol. The smallest absolute Gasteiger partial charge is 0.416 e. The second-order valence-corrected chi connectivity index (χ2v) is 6.95. The molecule has 2 aromatic rings. The summed E-state index contributed by atoms with van der Waals surface area (Å²) < 4.78 is 62.5. The molecule has 0 heterocycles. The molecular formula is C22H23F4NO5. The van der Waals surface area contributed by atoms with Crippen molar-refractivity contribution < 1.29 is 41.7 Å². The van der Waals surface area contributed by atoms with Gasteiger partial charge in [0, 0.05) is 19.6 Å². The minimum absolute atomic E-state index is 0.0375. The maximum Gasteiger partial charge on any atom is 0.416 e. The van der Waals surface area contributed by atoms with E-state index in [0.29, 0.717) is 17.4 Å². The fourth-order valence-electron chi connectivity index (χ4n) is 2.84. The summed E-state index contributed by atoms with van der Waals surface area (Å²) in [5.41, 5.74) is -0.480. The lowest BCUT2D eigenvalue weighted by Gasteiger charge is -2.16. The van der Waals surface area contributed by atoms with Gasteiger partial charge in [-0.25, -0.2) is 9.18 Å². The molecule has 1 amide bonds. The number of hydrogen-bond acceptors (Lipinski definition) is 4. The Balaban J connectivity index is 1.93. The molecule has 32 heavy (non-hydrogen) atoms. The summed E-state index contributed by atoms with van der Waals surface area (Å²) >= 11 is 0. The Morgan fingerprint density at radius 2 is 1.75 bits per heavy atom. The van der Waals surface area contributed by atoms with Crippen molar-refractivity contribution in [1.29, 1.82) is 0 Å². The number of ether oxygens (including phenoxy) is 2. The highest BCUT2D eigenvalue weighted by Crippen LogP contribution is 2.30. The standard InChI is InChI=1S/C22H23F4NO5/c1-3-31-19(21(29)30)10-14-4-6-18(7-5-14)32-13(2)20(28)27-12-15-8-16(22(24,25)26)11-17(23)9-15/h4-9,11,13,19H,3,10,12H2,1-2H3,(H,27,28)(H,29,30)/t13?,19-/m0/s1. The monoisotopic (exact) mass is 457 g/mol. The largest absolute Gasteiger partial charge is 0.481 e. The number of benzene rings is 2. The maximum atomic E-state index is 13.4. The van der Waals surface area contributed by atoms with Gasteiger partial charge in [-0.3, -0.25) is 4.79 Å². The highest BCUT2D eigenvalue weighted by atomic mass is 19.4. The molecule has 0 saturated carbocycles. The van der Waals surface area contributed by atoms with E-state index >= 15 is 0 Å². The minimum atomic E-state index is -4.70. The van der Waals surface area contributed by atoms with Gasteiger partial charge in [0.05, 0.1) is 5.56 Å². The molecule has 2 N–H and O–H groups in total. The molecule has 2 aromatic carbocycles. The van der Waals surface area contributed by atoms with E-state index in [0.717, 1.165) is 12.1 Å². The summed E-state index contributed by atoms with van der Waals surface area (Å²) in [5, 5.41) is 11.5. The number of carbonyl (C=O) groups is 2. The van der Waals surface area contributed by atoms with Gasteiger partial charge in [-0.2, -0.15) is 13.2 Å². The second kappa shape index (κ2) is 10.9. The van der Waals surface area contributed by atoms with Crippen molar-refractivity contribution in [3.05, 3.63) is 65.0 Å². The molecule has 2 rings (SSSR count). The van der Waals surface area contributed by atoms with Gasteiger partial charge in [0.15, 0.2) is 12.2 Å². The zero-order valence-corrected chi connectivity index (χ0v) is 17.4. The van der Waals surface area contributed by atoms with Gasteiger partial charge in [0.2, 0.25) is 0 Å². The number of amides is 1. The third-order valence-corrected chi connectivity index (χ3v) is 4.42. The predicted molar refractivity (Wildman–Crippen MR) is 107 cm³/mol. The predicted octanol–water partition coefficient (Wildman–Crippen LogP) is 3.96. The van der Waals surface area contributed by atoms with Crippen molar-refractivity contribution >= 4 is 11.9 Å². The molecule has 0 bridgehead atoms. The van der Waals surface area contributed by atoms with E-state index in [9.17, 15) is 27.2 Å². The van der Waals surface area contributed by atoms with Crippen LogP contribution in [0.1, 0.15) is 30.5 Å². The lowest BCUT2D eigenvalue weighted by atomic mass is 10.1. The van der Waals surface area contributed by atoms with Crippen LogP contribution in [0.5, 0.6) is 5.75 Å². The lowest BCUT2D eigenvalue weighted by molar-refractivity contribution is -0.150. The molecule has 0 aliphatic heterocycles. The van der Waals surface area contributed by atoms with E-state index in [4.69, 9.17) is 14.6 Å². The van der Waals surface area contributed by atoms with E-state index < -0.39 is 41.6 Å². The zero-order valence-electron chi connectivity index (χ0n) is 17.4. The van der Waals surface area contributed by atoms with Crippen LogP contribution in [-0.4, -0.2) is 35.8 Å². The lowest BCUT2D eigenvalue weighted by Crippen LogP contribution is -2.36. The van der Waals surface area contributed by atoms with Crippen LogP contribution < -0.4 is 10.1 Å². The SMILES string of the molecule is CCO[C@@H](Cc1ccc(OC(C)C(=O)NCc2cc(F)cc(C(F)(F)F)c2)cc1)C(=O)O. The molecule has 0 radical (unpaired) electrons. The molecule has 6 nitrogen and oxygen atoms in total. The number of carbonyl (C=O) groups excluding carboxylic acids is 1. The number of aliphatic carboxylic acids is 1. The van der Waals surface area contributed by atoms with Gasteiger partial charge >= 0.3 is 12.1 Å². The van der Waals surface area contributed by atoms with E-state index in [1.165, 1.54) is 6.92 Å². The Bertz CT molecular complexity index is 931. The summed E-state index contributed by atoms with van der Waals surface area (Å²) in [4.78, 5) is 23.4. The third-order valence-electron chi connectivity index (χ3n) is 4.42. The quantitative estimate of drug-likeness (QED) is 0.528. The summed E-state index contributed by atoms with van der Waals surface area (Å²) in [6, 6.07) is 8.46. The average Bonchev–Trinajstić information content (AvgIpc) is 2.71. The number of halogens is 4. The molecule has 0 aromatic heterocycles. The average molecular weight is 457 g/mol. The highest BCUT2D eigenvalue weighted by molar-refractivity contribution is 5.80. The minimum Gasteiger partial charge on any atom is -0.481 e. The topological polar surface area (TPSA) is 84.9 Å².